The normalized spacial score (nSPS) is 13.6. The monoisotopic (exact) mass is 575 g/mol. The Labute approximate surface area is 239 Å². The molecule has 1 aliphatic carbocycles. The number of fused-ring (bicyclic) bond motifs is 1. The molecule has 0 unspecified atom stereocenters. The molecule has 0 radical (unpaired) electrons. The minimum Gasteiger partial charge on any atom is -0.480 e. The maximum atomic E-state index is 13.3. The van der Waals surface area contributed by atoms with Gasteiger partial charge in [0.15, 0.2) is 11.5 Å². The van der Waals surface area contributed by atoms with E-state index in [1.807, 2.05) is 26.0 Å². The first-order valence-electron chi connectivity index (χ1n) is 13.4. The standard InChI is InChI=1S/C29H28F3N9O/c1-15(2)41-13-21(29(30,31)32)39-27(41)18-6-4-16(5-7-18)11-35-25-19-12-34-22(33)10-20(19)38-26(40-25)23-24(17-8-9-17)36-14-37-28(23)42-3/h4-7,10,12-15,17H,8-9,11H2,1-3H3,(H2,33,34)(H,35,38,40). The van der Waals surface area contributed by atoms with E-state index in [0.29, 0.717) is 57.8 Å². The van der Waals surface area contributed by atoms with E-state index in [1.54, 1.807) is 31.5 Å². The van der Waals surface area contributed by atoms with E-state index < -0.39 is 11.9 Å². The molecule has 4 aromatic heterocycles. The number of nitrogens with zero attached hydrogens (tertiary/aromatic N) is 7. The van der Waals surface area contributed by atoms with Crippen LogP contribution in [0.5, 0.6) is 5.88 Å². The Morgan fingerprint density at radius 1 is 1.07 bits per heavy atom. The van der Waals surface area contributed by atoms with Crippen molar-refractivity contribution in [3.05, 3.63) is 66.0 Å². The molecular formula is C29H28F3N9O. The molecule has 0 bridgehead atoms. The van der Waals surface area contributed by atoms with E-state index in [2.05, 4.69) is 25.3 Å². The van der Waals surface area contributed by atoms with Crippen LogP contribution in [-0.4, -0.2) is 41.6 Å². The van der Waals surface area contributed by atoms with Gasteiger partial charge in [0.05, 0.1) is 23.7 Å². The van der Waals surface area contributed by atoms with Gasteiger partial charge < -0.3 is 20.4 Å². The van der Waals surface area contributed by atoms with Crippen molar-refractivity contribution in [1.29, 1.82) is 0 Å². The molecule has 0 amide bonds. The summed E-state index contributed by atoms with van der Waals surface area (Å²) in [4.78, 5) is 26.5. The highest BCUT2D eigenvalue weighted by molar-refractivity contribution is 5.91. The highest BCUT2D eigenvalue weighted by Gasteiger charge is 2.35. The summed E-state index contributed by atoms with van der Waals surface area (Å²) in [6.07, 6.45) is 1.67. The van der Waals surface area contributed by atoms with Gasteiger partial charge in [0, 0.05) is 42.5 Å². The number of benzene rings is 1. The summed E-state index contributed by atoms with van der Waals surface area (Å²) < 4.78 is 47.1. The van der Waals surface area contributed by atoms with E-state index in [1.165, 1.54) is 10.9 Å². The van der Waals surface area contributed by atoms with Crippen molar-refractivity contribution in [2.24, 2.45) is 0 Å². The summed E-state index contributed by atoms with van der Waals surface area (Å²) in [5, 5.41) is 4.04. The second kappa shape index (κ2) is 10.5. The molecule has 4 heterocycles. The van der Waals surface area contributed by atoms with Crippen molar-refractivity contribution in [3.8, 4) is 28.7 Å². The summed E-state index contributed by atoms with van der Waals surface area (Å²) in [5.74, 6) is 2.21. The van der Waals surface area contributed by atoms with Crippen LogP contribution in [0.1, 0.15) is 55.6 Å². The molecule has 3 N–H and O–H groups in total. The van der Waals surface area contributed by atoms with Crippen molar-refractivity contribution in [2.45, 2.75) is 51.4 Å². The van der Waals surface area contributed by atoms with E-state index in [0.717, 1.165) is 30.3 Å². The number of nitrogens with one attached hydrogen (secondary N) is 1. The van der Waals surface area contributed by atoms with Crippen LogP contribution in [0, 0.1) is 0 Å². The van der Waals surface area contributed by atoms with Crippen LogP contribution in [-0.2, 0) is 12.7 Å². The van der Waals surface area contributed by atoms with Crippen LogP contribution >= 0.6 is 0 Å². The van der Waals surface area contributed by atoms with Crippen molar-refractivity contribution in [2.75, 3.05) is 18.2 Å². The minimum absolute atomic E-state index is 0.193. The fraction of sp³-hybridized carbons (Fsp3) is 0.310. The van der Waals surface area contributed by atoms with Gasteiger partial charge in [-0.05, 0) is 32.3 Å². The molecule has 0 aliphatic heterocycles. The molecule has 0 spiro atoms. The third-order valence-corrected chi connectivity index (χ3v) is 7.08. The number of hydrogen-bond donors (Lipinski definition) is 2. The lowest BCUT2D eigenvalue weighted by molar-refractivity contribution is -0.140. The van der Waals surface area contributed by atoms with Gasteiger partial charge >= 0.3 is 6.18 Å². The van der Waals surface area contributed by atoms with Crippen molar-refractivity contribution >= 4 is 22.5 Å². The molecule has 1 fully saturated rings. The first-order chi connectivity index (χ1) is 20.1. The summed E-state index contributed by atoms with van der Waals surface area (Å²) in [6.45, 7) is 4.01. The molecule has 1 saturated carbocycles. The zero-order valence-electron chi connectivity index (χ0n) is 23.1. The van der Waals surface area contributed by atoms with Gasteiger partial charge in [-0.1, -0.05) is 24.3 Å². The molecule has 6 rings (SSSR count). The fourth-order valence-corrected chi connectivity index (χ4v) is 4.80. The van der Waals surface area contributed by atoms with Gasteiger partial charge in [-0.15, -0.1) is 0 Å². The molecule has 5 aromatic rings. The Bertz CT molecular complexity index is 1760. The summed E-state index contributed by atoms with van der Waals surface area (Å²) >= 11 is 0. The summed E-state index contributed by atoms with van der Waals surface area (Å²) in [5.41, 5.74) is 8.62. The Kier molecular flexibility index (Phi) is 6.87. The second-order valence-electron chi connectivity index (χ2n) is 10.4. The number of ether oxygens (including phenoxy) is 1. The highest BCUT2D eigenvalue weighted by atomic mass is 19.4. The van der Waals surface area contributed by atoms with Gasteiger partial charge in [0.1, 0.15) is 29.4 Å². The highest BCUT2D eigenvalue weighted by Crippen LogP contribution is 2.45. The van der Waals surface area contributed by atoms with Crippen molar-refractivity contribution in [1.82, 2.24) is 34.5 Å². The van der Waals surface area contributed by atoms with Crippen LogP contribution in [0.15, 0.2) is 49.1 Å². The Morgan fingerprint density at radius 2 is 1.83 bits per heavy atom. The molecule has 1 aromatic carbocycles. The number of alkyl halides is 3. The first-order valence-corrected chi connectivity index (χ1v) is 13.4. The summed E-state index contributed by atoms with van der Waals surface area (Å²) in [6, 6.07) is 8.70. The molecular weight excluding hydrogens is 547 g/mol. The van der Waals surface area contributed by atoms with E-state index in [4.69, 9.17) is 20.4 Å². The zero-order chi connectivity index (χ0) is 29.6. The molecule has 13 heteroatoms. The molecule has 0 atom stereocenters. The minimum atomic E-state index is -4.52. The topological polar surface area (TPSA) is 130 Å². The number of hydrogen-bond acceptors (Lipinski definition) is 9. The predicted octanol–water partition coefficient (Wildman–Crippen LogP) is 6.03. The van der Waals surface area contributed by atoms with Crippen LogP contribution in [0.2, 0.25) is 0 Å². The van der Waals surface area contributed by atoms with Crippen LogP contribution in [0.3, 0.4) is 0 Å². The lowest BCUT2D eigenvalue weighted by Gasteiger charge is -2.15. The first kappa shape index (κ1) is 27.4. The number of nitrogen functional groups attached to an aromatic ring is 1. The SMILES string of the molecule is COc1ncnc(C2CC2)c1-c1nc(NCc2ccc(-c3nc(C(F)(F)F)cn3C(C)C)cc2)c2cnc(N)cc2n1. The van der Waals surface area contributed by atoms with Gasteiger partial charge in [0.25, 0.3) is 0 Å². The zero-order valence-corrected chi connectivity index (χ0v) is 23.1. The molecule has 10 nitrogen and oxygen atoms in total. The van der Waals surface area contributed by atoms with E-state index in [9.17, 15) is 13.2 Å². The molecule has 0 saturated heterocycles. The Hall–Kier alpha value is -4.81. The van der Waals surface area contributed by atoms with Gasteiger partial charge in [-0.2, -0.15) is 13.2 Å². The van der Waals surface area contributed by atoms with Gasteiger partial charge in [-0.25, -0.2) is 29.9 Å². The number of aromatic nitrogens is 7. The second-order valence-corrected chi connectivity index (χ2v) is 10.4. The summed E-state index contributed by atoms with van der Waals surface area (Å²) in [7, 11) is 1.55. The quantitative estimate of drug-likeness (QED) is 0.228. The lowest BCUT2D eigenvalue weighted by atomic mass is 10.1. The maximum Gasteiger partial charge on any atom is 0.434 e. The maximum absolute atomic E-state index is 13.3. The lowest BCUT2D eigenvalue weighted by Crippen LogP contribution is -2.07. The molecule has 216 valence electrons. The number of pyridine rings is 1. The van der Waals surface area contributed by atoms with Gasteiger partial charge in [-0.3, -0.25) is 0 Å². The van der Waals surface area contributed by atoms with Crippen LogP contribution < -0.4 is 15.8 Å². The van der Waals surface area contributed by atoms with Crippen LogP contribution in [0.4, 0.5) is 24.8 Å². The van der Waals surface area contributed by atoms with Crippen molar-refractivity contribution in [3.63, 3.8) is 0 Å². The number of halogens is 3. The number of anilines is 2. The largest absolute Gasteiger partial charge is 0.480 e. The number of methoxy groups -OCH3 is 1. The number of rotatable bonds is 8. The third-order valence-electron chi connectivity index (χ3n) is 7.08. The van der Waals surface area contributed by atoms with E-state index in [-0.39, 0.29) is 11.9 Å². The number of nitrogens with two attached hydrogens (primary N) is 1. The molecule has 1 aliphatic rings. The molecule has 42 heavy (non-hydrogen) atoms. The van der Waals surface area contributed by atoms with Crippen molar-refractivity contribution < 1.29 is 17.9 Å². The smallest absolute Gasteiger partial charge is 0.434 e. The third kappa shape index (κ3) is 5.29. The van der Waals surface area contributed by atoms with Gasteiger partial charge in [0.2, 0.25) is 5.88 Å². The Balaban J connectivity index is 1.33. The van der Waals surface area contributed by atoms with E-state index >= 15 is 0 Å². The number of imidazole rings is 1. The average molecular weight is 576 g/mol. The Morgan fingerprint density at radius 3 is 2.50 bits per heavy atom. The van der Waals surface area contributed by atoms with Crippen LogP contribution in [0.25, 0.3) is 33.7 Å². The fourth-order valence-electron chi connectivity index (χ4n) is 4.80. The average Bonchev–Trinajstić information content (AvgIpc) is 3.71. The predicted molar refractivity (Wildman–Crippen MR) is 152 cm³/mol.